The molecule has 0 radical (unpaired) electrons. The number of carboxylic acid groups (broad SMARTS) is 1. The number of nitrogens with zero attached hydrogens (tertiary/aromatic N) is 2. The normalized spacial score (nSPS) is 22.7. The topological polar surface area (TPSA) is 215 Å². The number of esters is 4. The summed E-state index contributed by atoms with van der Waals surface area (Å²) in [4.78, 5) is 100.0. The van der Waals surface area contributed by atoms with Crippen LogP contribution in [0.1, 0.15) is 66.3 Å². The highest BCUT2D eigenvalue weighted by molar-refractivity contribution is 6.24. The van der Waals surface area contributed by atoms with Crippen LogP contribution >= 0.6 is 0 Å². The first-order valence-electron chi connectivity index (χ1n) is 20.3. The SMILES string of the molecule is COC(=O)C(CC#Cc1ccc2c(c1)[C@]1(C(=O)N2C(=O)N[C@H](C(=O)OC)C(C)C)[C@H](C(=O)O)[C@H]2C(=O)O[C@H](c3ccccc3)[C@H](c3ccccc3)N2[C@@H]1c1ccc(O)cc1)C(=O)OC. The van der Waals surface area contributed by atoms with Gasteiger partial charge < -0.3 is 34.5 Å². The fourth-order valence-corrected chi connectivity index (χ4v) is 9.25. The molecule has 16 nitrogen and oxygen atoms in total. The van der Waals surface area contributed by atoms with Crippen molar-refractivity contribution < 1.29 is 62.7 Å². The minimum Gasteiger partial charge on any atom is -0.508 e. The van der Waals surface area contributed by atoms with Crippen molar-refractivity contribution in [3.8, 4) is 17.6 Å². The largest absolute Gasteiger partial charge is 0.508 e. The molecule has 0 saturated carbocycles. The number of phenolic OH excluding ortho intramolecular Hbond substituents is 1. The van der Waals surface area contributed by atoms with Gasteiger partial charge in [-0.25, -0.2) is 14.5 Å². The standard InChI is InChI=1S/C48H45N3O13/c1-26(2)36(44(57)63-5)49-47(60)50-34-24-19-27(13-12-18-32(42(55)61-3)43(56)62-4)25-33(34)48(46(50)59)35(41(53)54)38-45(58)64-39(29-16-10-7-11-17-29)37(28-14-8-6-9-15-28)51(38)40(48)30-20-22-31(52)23-21-30/h6-11,14-17,19-26,32,35-40,52H,18H2,1-5H3,(H,49,60)(H,53,54)/t35-,36-,37-,38-,39+,40+,48-/m0/s1. The summed E-state index contributed by atoms with van der Waals surface area (Å²) in [7, 11) is 3.37. The van der Waals surface area contributed by atoms with Crippen molar-refractivity contribution in [2.45, 2.75) is 56.0 Å². The van der Waals surface area contributed by atoms with Crippen LogP contribution in [0.15, 0.2) is 103 Å². The summed E-state index contributed by atoms with van der Waals surface area (Å²) >= 11 is 0. The Morgan fingerprint density at radius 3 is 1.94 bits per heavy atom. The summed E-state index contributed by atoms with van der Waals surface area (Å²) in [6.07, 6.45) is -1.37. The van der Waals surface area contributed by atoms with Gasteiger partial charge in [0.05, 0.1) is 39.1 Å². The van der Waals surface area contributed by atoms with Crippen LogP contribution in [-0.4, -0.2) is 90.3 Å². The summed E-state index contributed by atoms with van der Waals surface area (Å²) in [5.41, 5.74) is -0.735. The summed E-state index contributed by atoms with van der Waals surface area (Å²) in [6.45, 7) is 3.32. The first-order valence-corrected chi connectivity index (χ1v) is 20.3. The van der Waals surface area contributed by atoms with Gasteiger partial charge in [-0.15, -0.1) is 0 Å². The Morgan fingerprint density at radius 1 is 0.781 bits per heavy atom. The summed E-state index contributed by atoms with van der Waals surface area (Å²) in [6, 6.07) is 21.6. The van der Waals surface area contributed by atoms with Gasteiger partial charge >= 0.3 is 35.9 Å². The number of carboxylic acids is 1. The molecular formula is C48H45N3O13. The van der Waals surface area contributed by atoms with E-state index in [1.165, 1.54) is 42.5 Å². The molecule has 16 heteroatoms. The second kappa shape index (κ2) is 18.1. The molecule has 7 rings (SSSR count). The third-order valence-corrected chi connectivity index (χ3v) is 12.0. The minimum atomic E-state index is -2.34. The summed E-state index contributed by atoms with van der Waals surface area (Å²) in [5.74, 6) is -4.42. The molecule has 4 aromatic carbocycles. The van der Waals surface area contributed by atoms with Crippen molar-refractivity contribution in [2.75, 3.05) is 26.2 Å². The molecule has 2 saturated heterocycles. The molecule has 0 aliphatic carbocycles. The first-order chi connectivity index (χ1) is 30.7. The second-order valence-electron chi connectivity index (χ2n) is 15.9. The van der Waals surface area contributed by atoms with Crippen LogP contribution in [0.5, 0.6) is 5.75 Å². The number of aliphatic carboxylic acids is 1. The van der Waals surface area contributed by atoms with E-state index in [4.69, 9.17) is 18.9 Å². The Labute approximate surface area is 368 Å². The number of imide groups is 1. The molecule has 64 heavy (non-hydrogen) atoms. The summed E-state index contributed by atoms with van der Waals surface area (Å²) in [5, 5.41) is 24.7. The van der Waals surface area contributed by atoms with Crippen LogP contribution in [0.3, 0.4) is 0 Å². The Bertz CT molecular complexity index is 2540. The summed E-state index contributed by atoms with van der Waals surface area (Å²) < 4.78 is 20.8. The van der Waals surface area contributed by atoms with Crippen LogP contribution in [0, 0.1) is 29.6 Å². The van der Waals surface area contributed by atoms with Crippen molar-refractivity contribution in [1.82, 2.24) is 10.2 Å². The van der Waals surface area contributed by atoms with Gasteiger partial charge in [-0.2, -0.15) is 0 Å². The number of rotatable bonds is 10. The zero-order valence-electron chi connectivity index (χ0n) is 35.4. The van der Waals surface area contributed by atoms with Crippen LogP contribution in [0.4, 0.5) is 10.5 Å². The van der Waals surface area contributed by atoms with E-state index in [2.05, 4.69) is 17.2 Å². The molecule has 0 bridgehead atoms. The van der Waals surface area contributed by atoms with Crippen molar-refractivity contribution in [3.63, 3.8) is 0 Å². The van der Waals surface area contributed by atoms with Crippen molar-refractivity contribution in [1.29, 1.82) is 0 Å². The lowest BCUT2D eigenvalue weighted by molar-refractivity contribution is -0.179. The fraction of sp³-hybridized carbons (Fsp3) is 0.312. The highest BCUT2D eigenvalue weighted by Crippen LogP contribution is 2.66. The molecule has 7 atom stereocenters. The number of hydrogen-bond donors (Lipinski definition) is 3. The lowest BCUT2D eigenvalue weighted by atomic mass is 9.65. The number of carbonyl (C=O) groups is 7. The zero-order chi connectivity index (χ0) is 46.0. The molecular weight excluding hydrogens is 827 g/mol. The lowest BCUT2D eigenvalue weighted by Crippen LogP contribution is -2.56. The van der Waals surface area contributed by atoms with Gasteiger partial charge in [-0.3, -0.25) is 28.9 Å². The number of ether oxygens (including phenoxy) is 4. The zero-order valence-corrected chi connectivity index (χ0v) is 35.4. The molecule has 4 aromatic rings. The molecule has 0 aromatic heterocycles. The van der Waals surface area contributed by atoms with Gasteiger partial charge in [0.25, 0.3) is 0 Å². The molecule has 1 spiro atoms. The molecule has 3 aliphatic heterocycles. The minimum absolute atomic E-state index is 0.00755. The maximum atomic E-state index is 16.0. The van der Waals surface area contributed by atoms with E-state index in [1.807, 2.05) is 0 Å². The number of benzene rings is 4. The average molecular weight is 872 g/mol. The van der Waals surface area contributed by atoms with E-state index in [0.29, 0.717) is 16.7 Å². The van der Waals surface area contributed by atoms with Gasteiger partial charge in [0.2, 0.25) is 5.91 Å². The van der Waals surface area contributed by atoms with E-state index >= 15 is 4.79 Å². The fourth-order valence-electron chi connectivity index (χ4n) is 9.25. The predicted octanol–water partition coefficient (Wildman–Crippen LogP) is 4.75. The molecule has 3 aliphatic rings. The van der Waals surface area contributed by atoms with Gasteiger partial charge in [0, 0.05) is 12.0 Å². The number of anilines is 1. The second-order valence-corrected chi connectivity index (χ2v) is 15.9. The maximum absolute atomic E-state index is 16.0. The number of aromatic hydroxyl groups is 1. The number of carbonyl (C=O) groups excluding carboxylic acids is 6. The number of hydrogen-bond acceptors (Lipinski definition) is 13. The van der Waals surface area contributed by atoms with Gasteiger partial charge in [-0.05, 0) is 58.5 Å². The Kier molecular flexibility index (Phi) is 12.6. The number of fused-ring (bicyclic) bond motifs is 3. The van der Waals surface area contributed by atoms with Crippen molar-refractivity contribution >= 4 is 47.5 Å². The van der Waals surface area contributed by atoms with Crippen molar-refractivity contribution in [3.05, 3.63) is 131 Å². The maximum Gasteiger partial charge on any atom is 0.329 e. The molecule has 3 amide bonds. The number of amides is 3. The third kappa shape index (κ3) is 7.57. The van der Waals surface area contributed by atoms with E-state index < -0.39 is 95.2 Å². The molecule has 0 unspecified atom stereocenters. The monoisotopic (exact) mass is 871 g/mol. The van der Waals surface area contributed by atoms with Crippen molar-refractivity contribution in [2.24, 2.45) is 17.8 Å². The first kappa shape index (κ1) is 44.5. The number of morpholine rings is 1. The molecule has 3 heterocycles. The Hall–Kier alpha value is -7.51. The van der Waals surface area contributed by atoms with Crippen LogP contribution in [0.2, 0.25) is 0 Å². The predicted molar refractivity (Wildman–Crippen MR) is 226 cm³/mol. The van der Waals surface area contributed by atoms with Crippen LogP contribution < -0.4 is 10.2 Å². The highest BCUT2D eigenvalue weighted by Gasteiger charge is 2.76. The third-order valence-electron chi connectivity index (χ3n) is 12.0. The van der Waals surface area contributed by atoms with Gasteiger partial charge in [0.15, 0.2) is 5.92 Å². The number of phenols is 1. The smallest absolute Gasteiger partial charge is 0.329 e. The number of cyclic esters (lactones) is 1. The van der Waals surface area contributed by atoms with E-state index in [9.17, 15) is 39.0 Å². The molecule has 3 N–H and O–H groups in total. The average Bonchev–Trinajstić information content (AvgIpc) is 3.76. The van der Waals surface area contributed by atoms with Gasteiger partial charge in [-0.1, -0.05) is 98.5 Å². The molecule has 2 fully saturated rings. The Balaban J connectivity index is 1.53. The quantitative estimate of drug-likeness (QED) is 0.0849. The number of urea groups is 1. The molecule has 330 valence electrons. The van der Waals surface area contributed by atoms with E-state index in [0.717, 1.165) is 26.2 Å². The lowest BCUT2D eigenvalue weighted by Gasteiger charge is -2.46. The van der Waals surface area contributed by atoms with Crippen LogP contribution in [0.25, 0.3) is 0 Å². The van der Waals surface area contributed by atoms with E-state index in [-0.39, 0.29) is 29.0 Å². The van der Waals surface area contributed by atoms with Crippen LogP contribution in [-0.2, 0) is 53.1 Å². The van der Waals surface area contributed by atoms with E-state index in [1.54, 1.807) is 79.4 Å². The number of nitrogens with one attached hydrogen (secondary N) is 1. The highest BCUT2D eigenvalue weighted by atomic mass is 16.6. The van der Waals surface area contributed by atoms with Gasteiger partial charge in [0.1, 0.15) is 35.3 Å². The Morgan fingerprint density at radius 2 is 1.38 bits per heavy atom. The number of methoxy groups -OCH3 is 3.